The monoisotopic (exact) mass is 359 g/mol. The van der Waals surface area contributed by atoms with Gasteiger partial charge in [0.2, 0.25) is 0 Å². The fraction of sp³-hybridized carbons (Fsp3) is 0.0667. The van der Waals surface area contributed by atoms with Crippen molar-refractivity contribution in [3.63, 3.8) is 0 Å². The summed E-state index contributed by atoms with van der Waals surface area (Å²) in [5.41, 5.74) is 0.446. The van der Waals surface area contributed by atoms with E-state index in [2.05, 4.69) is 15.5 Å². The minimum Gasteiger partial charge on any atom is -0.462 e. The van der Waals surface area contributed by atoms with Crippen LogP contribution in [0.2, 0.25) is 0 Å². The molecule has 0 aliphatic heterocycles. The molecule has 0 bridgehead atoms. The van der Waals surface area contributed by atoms with Crippen LogP contribution in [0.3, 0.4) is 0 Å². The van der Waals surface area contributed by atoms with Crippen molar-refractivity contribution in [2.24, 2.45) is 0 Å². The number of sulfonamides is 1. The van der Waals surface area contributed by atoms with Crippen molar-refractivity contribution in [1.29, 1.82) is 0 Å². The Labute approximate surface area is 143 Å². The lowest BCUT2D eigenvalue weighted by atomic mass is 10.3. The zero-order chi connectivity index (χ0) is 17.9. The molecule has 0 spiro atoms. The number of benzene rings is 1. The van der Waals surface area contributed by atoms with Gasteiger partial charge < -0.3 is 4.42 Å². The number of nitrogens with zero attached hydrogens (tertiary/aromatic N) is 4. The molecule has 0 atom stereocenters. The number of amides is 1. The molecule has 0 saturated heterocycles. The summed E-state index contributed by atoms with van der Waals surface area (Å²) >= 11 is 0. The Hall–Kier alpha value is -3.27. The maximum absolute atomic E-state index is 12.3. The molecular formula is C15H13N5O4S. The molecule has 0 fully saturated rings. The number of tetrazole rings is 1. The van der Waals surface area contributed by atoms with Gasteiger partial charge in [0.15, 0.2) is 0 Å². The summed E-state index contributed by atoms with van der Waals surface area (Å²) in [5, 5.41) is 10.7. The van der Waals surface area contributed by atoms with Gasteiger partial charge in [-0.3, -0.25) is 4.79 Å². The molecule has 0 radical (unpaired) electrons. The molecule has 25 heavy (non-hydrogen) atoms. The van der Waals surface area contributed by atoms with Crippen LogP contribution >= 0.6 is 0 Å². The highest BCUT2D eigenvalue weighted by Gasteiger charge is 2.17. The highest BCUT2D eigenvalue weighted by Crippen LogP contribution is 2.14. The van der Waals surface area contributed by atoms with E-state index < -0.39 is 15.9 Å². The van der Waals surface area contributed by atoms with Crippen molar-refractivity contribution in [3.05, 3.63) is 60.3 Å². The lowest BCUT2D eigenvalue weighted by molar-refractivity contribution is -0.114. The van der Waals surface area contributed by atoms with Crippen LogP contribution in [0.1, 0.15) is 11.5 Å². The zero-order valence-electron chi connectivity index (χ0n) is 13.0. The molecule has 0 unspecified atom stereocenters. The summed E-state index contributed by atoms with van der Waals surface area (Å²) in [6.45, 7) is 1.76. The Morgan fingerprint density at radius 1 is 1.28 bits per heavy atom. The fourth-order valence-corrected chi connectivity index (χ4v) is 2.98. The summed E-state index contributed by atoms with van der Waals surface area (Å²) < 4.78 is 33.2. The first kappa shape index (κ1) is 16.6. The first-order valence-electron chi connectivity index (χ1n) is 7.09. The average Bonchev–Trinajstić information content (AvgIpc) is 3.24. The van der Waals surface area contributed by atoms with E-state index in [9.17, 15) is 13.2 Å². The van der Waals surface area contributed by atoms with Gasteiger partial charge in [-0.1, -0.05) is 6.07 Å². The van der Waals surface area contributed by atoms with E-state index in [0.717, 1.165) is 6.08 Å². The zero-order valence-corrected chi connectivity index (χ0v) is 13.8. The molecule has 1 aromatic carbocycles. The van der Waals surface area contributed by atoms with E-state index in [4.69, 9.17) is 4.42 Å². The number of carbonyl (C=O) groups excluding carboxylic acids is 1. The Kier molecular flexibility index (Phi) is 4.44. The molecule has 10 heteroatoms. The highest BCUT2D eigenvalue weighted by atomic mass is 32.2. The second kappa shape index (κ2) is 6.69. The molecule has 2 heterocycles. The number of hydrogen-bond donors (Lipinski definition) is 1. The molecule has 3 aromatic rings. The topological polar surface area (TPSA) is 120 Å². The largest absolute Gasteiger partial charge is 0.462 e. The van der Waals surface area contributed by atoms with Gasteiger partial charge in [0.1, 0.15) is 17.8 Å². The summed E-state index contributed by atoms with van der Waals surface area (Å²) in [4.78, 5) is 11.8. The molecule has 0 aliphatic carbocycles. The standard InChI is InChI=1S/C15H13N5O4S/c1-11-5-6-13(24-11)7-8-15(21)17-25(22,23)14-4-2-3-12(9-14)20-10-16-18-19-20/h2-10H,1H3,(H,17,21). The Morgan fingerprint density at radius 3 is 2.80 bits per heavy atom. The second-order valence-electron chi connectivity index (χ2n) is 5.00. The van der Waals surface area contributed by atoms with Gasteiger partial charge in [0.25, 0.3) is 15.9 Å². The molecule has 1 amide bonds. The van der Waals surface area contributed by atoms with Gasteiger partial charge in [-0.2, -0.15) is 0 Å². The molecule has 128 valence electrons. The van der Waals surface area contributed by atoms with Crippen LogP contribution in [0.4, 0.5) is 0 Å². The van der Waals surface area contributed by atoms with Gasteiger partial charge in [-0.15, -0.1) is 5.10 Å². The summed E-state index contributed by atoms with van der Waals surface area (Å²) in [6, 6.07) is 9.28. The lowest BCUT2D eigenvalue weighted by Gasteiger charge is -2.06. The molecular weight excluding hydrogens is 346 g/mol. The summed E-state index contributed by atoms with van der Waals surface area (Å²) in [5.74, 6) is 0.347. The van der Waals surface area contributed by atoms with Crippen molar-refractivity contribution in [2.45, 2.75) is 11.8 Å². The van der Waals surface area contributed by atoms with E-state index in [1.165, 1.54) is 35.3 Å². The highest BCUT2D eigenvalue weighted by molar-refractivity contribution is 7.90. The predicted molar refractivity (Wildman–Crippen MR) is 87.0 cm³/mol. The Balaban J connectivity index is 1.76. The van der Waals surface area contributed by atoms with E-state index in [-0.39, 0.29) is 4.90 Å². The average molecular weight is 359 g/mol. The van der Waals surface area contributed by atoms with Crippen molar-refractivity contribution in [1.82, 2.24) is 24.9 Å². The van der Waals surface area contributed by atoms with Crippen LogP contribution in [-0.4, -0.2) is 34.5 Å². The van der Waals surface area contributed by atoms with Crippen LogP contribution in [0.15, 0.2) is 58.1 Å². The van der Waals surface area contributed by atoms with Gasteiger partial charge in [-0.05, 0) is 53.8 Å². The third kappa shape index (κ3) is 3.98. The number of nitrogens with one attached hydrogen (secondary N) is 1. The van der Waals surface area contributed by atoms with Crippen molar-refractivity contribution in [2.75, 3.05) is 0 Å². The van der Waals surface area contributed by atoms with Crippen LogP contribution in [-0.2, 0) is 14.8 Å². The third-order valence-corrected chi connectivity index (χ3v) is 4.48. The number of aryl methyl sites for hydroxylation is 1. The number of rotatable bonds is 5. The van der Waals surface area contributed by atoms with E-state index in [1.54, 1.807) is 25.1 Å². The summed E-state index contributed by atoms with van der Waals surface area (Å²) in [6.07, 6.45) is 3.80. The van der Waals surface area contributed by atoms with Gasteiger partial charge in [0, 0.05) is 6.08 Å². The molecule has 0 aliphatic rings. The first-order chi connectivity index (χ1) is 11.9. The Morgan fingerprint density at radius 2 is 2.12 bits per heavy atom. The lowest BCUT2D eigenvalue weighted by Crippen LogP contribution is -2.29. The quantitative estimate of drug-likeness (QED) is 0.677. The Bertz CT molecular complexity index is 1020. The molecule has 0 saturated carbocycles. The van der Waals surface area contributed by atoms with Crippen LogP contribution in [0, 0.1) is 6.92 Å². The normalized spacial score (nSPS) is 11.7. The fourth-order valence-electron chi connectivity index (χ4n) is 2.00. The van der Waals surface area contributed by atoms with Crippen molar-refractivity contribution in [3.8, 4) is 5.69 Å². The van der Waals surface area contributed by atoms with Crippen LogP contribution in [0.25, 0.3) is 11.8 Å². The first-order valence-corrected chi connectivity index (χ1v) is 8.57. The molecule has 3 rings (SSSR count). The van der Waals surface area contributed by atoms with Crippen LogP contribution in [0.5, 0.6) is 0 Å². The van der Waals surface area contributed by atoms with E-state index in [1.807, 2.05) is 4.72 Å². The smallest absolute Gasteiger partial charge is 0.264 e. The number of carbonyl (C=O) groups is 1. The van der Waals surface area contributed by atoms with Crippen LogP contribution < -0.4 is 4.72 Å². The van der Waals surface area contributed by atoms with Crippen molar-refractivity contribution < 1.29 is 17.6 Å². The minimum atomic E-state index is -4.04. The van der Waals surface area contributed by atoms with Crippen molar-refractivity contribution >= 4 is 22.0 Å². The minimum absolute atomic E-state index is 0.0870. The molecule has 9 nitrogen and oxygen atoms in total. The number of furan rings is 1. The molecule has 2 aromatic heterocycles. The maximum atomic E-state index is 12.3. The summed E-state index contributed by atoms with van der Waals surface area (Å²) in [7, 11) is -4.04. The predicted octanol–water partition coefficient (Wildman–Crippen LogP) is 1.08. The number of hydrogen-bond acceptors (Lipinski definition) is 7. The van der Waals surface area contributed by atoms with E-state index >= 15 is 0 Å². The SMILES string of the molecule is Cc1ccc(C=CC(=O)NS(=O)(=O)c2cccc(-n3cnnn3)c2)o1. The number of aromatic nitrogens is 4. The van der Waals surface area contributed by atoms with Gasteiger partial charge in [0.05, 0.1) is 10.6 Å². The third-order valence-electron chi connectivity index (χ3n) is 3.14. The second-order valence-corrected chi connectivity index (χ2v) is 6.69. The van der Waals surface area contributed by atoms with E-state index in [0.29, 0.717) is 17.2 Å². The van der Waals surface area contributed by atoms with Gasteiger partial charge >= 0.3 is 0 Å². The van der Waals surface area contributed by atoms with Gasteiger partial charge in [-0.25, -0.2) is 17.8 Å². The maximum Gasteiger partial charge on any atom is 0.264 e. The molecule has 1 N–H and O–H groups in total.